The van der Waals surface area contributed by atoms with E-state index in [4.69, 9.17) is 5.73 Å². The molecule has 5 nitrogen and oxygen atoms in total. The second kappa shape index (κ2) is 5.98. The Labute approximate surface area is 114 Å². The minimum absolute atomic E-state index is 0.0434. The van der Waals surface area contributed by atoms with Crippen LogP contribution in [0.5, 0.6) is 0 Å². The lowest BCUT2D eigenvalue weighted by atomic mass is 10.2. The van der Waals surface area contributed by atoms with Crippen molar-refractivity contribution in [3.8, 4) is 0 Å². The first-order valence-electron chi connectivity index (χ1n) is 5.52. The summed E-state index contributed by atoms with van der Waals surface area (Å²) in [5.41, 5.74) is 5.35. The third-order valence-electron chi connectivity index (χ3n) is 2.69. The highest BCUT2D eigenvalue weighted by atomic mass is 32.2. The Balaban J connectivity index is 2.98. The van der Waals surface area contributed by atoms with Gasteiger partial charge < -0.3 is 5.73 Å². The summed E-state index contributed by atoms with van der Waals surface area (Å²) >= 11 is 0. The number of nitrogens with one attached hydrogen (secondary N) is 1. The Morgan fingerprint density at radius 2 is 2.05 bits per heavy atom. The van der Waals surface area contributed by atoms with Gasteiger partial charge in [0.05, 0.1) is 10.6 Å². The van der Waals surface area contributed by atoms with Crippen molar-refractivity contribution in [1.82, 2.24) is 4.72 Å². The summed E-state index contributed by atoms with van der Waals surface area (Å²) < 4.78 is 50.8. The fraction of sp³-hybridized carbons (Fsp3) is 0.455. The number of halogens is 1. The Kier molecular flexibility index (Phi) is 5.05. The highest BCUT2D eigenvalue weighted by Gasteiger charge is 2.18. The van der Waals surface area contributed by atoms with Crippen LogP contribution in [0, 0.1) is 12.7 Å². The fourth-order valence-electron chi connectivity index (χ4n) is 1.35. The molecule has 0 aliphatic carbocycles. The molecule has 0 bridgehead atoms. The molecule has 19 heavy (non-hydrogen) atoms. The van der Waals surface area contributed by atoms with Crippen LogP contribution in [0.2, 0.25) is 0 Å². The minimum atomic E-state index is -3.78. The molecule has 0 radical (unpaired) electrons. The van der Waals surface area contributed by atoms with Crippen LogP contribution in [0.15, 0.2) is 17.0 Å². The molecule has 1 aromatic rings. The molecule has 0 aromatic heterocycles. The van der Waals surface area contributed by atoms with E-state index in [9.17, 15) is 17.0 Å². The predicted molar refractivity (Wildman–Crippen MR) is 74.3 cm³/mol. The van der Waals surface area contributed by atoms with Gasteiger partial charge in [0.2, 0.25) is 10.0 Å². The average Bonchev–Trinajstić information content (AvgIpc) is 2.32. The lowest BCUT2D eigenvalue weighted by Crippen LogP contribution is -2.32. The highest BCUT2D eigenvalue weighted by Crippen LogP contribution is 2.20. The van der Waals surface area contributed by atoms with Crippen molar-refractivity contribution in [2.75, 3.05) is 18.5 Å². The number of rotatable bonds is 5. The second-order valence-electron chi connectivity index (χ2n) is 4.30. The fourth-order valence-corrected chi connectivity index (χ4v) is 3.02. The zero-order chi connectivity index (χ0) is 14.8. The summed E-state index contributed by atoms with van der Waals surface area (Å²) in [6.45, 7) is 3.15. The molecule has 8 heteroatoms. The maximum absolute atomic E-state index is 13.3. The van der Waals surface area contributed by atoms with Crippen molar-refractivity contribution >= 4 is 26.5 Å². The Bertz CT molecular complexity index is 579. The first-order chi connectivity index (χ1) is 8.65. The monoisotopic (exact) mass is 308 g/mol. The zero-order valence-electron chi connectivity index (χ0n) is 10.9. The number of hydrogen-bond donors (Lipinski definition) is 2. The molecule has 2 unspecified atom stereocenters. The topological polar surface area (TPSA) is 89.3 Å². The number of aryl methyl sites for hydroxylation is 1. The van der Waals surface area contributed by atoms with Gasteiger partial charge in [0.1, 0.15) is 5.82 Å². The molecule has 0 amide bonds. The van der Waals surface area contributed by atoms with Crippen molar-refractivity contribution in [3.05, 3.63) is 23.5 Å². The number of nitrogens with two attached hydrogens (primary N) is 1. The third-order valence-corrected chi connectivity index (χ3v) is 5.40. The van der Waals surface area contributed by atoms with Crippen LogP contribution in [0.4, 0.5) is 10.1 Å². The molecule has 0 fully saturated rings. The molecule has 0 aliphatic heterocycles. The normalized spacial score (nSPS) is 15.2. The average molecular weight is 308 g/mol. The van der Waals surface area contributed by atoms with Crippen LogP contribution in [0.25, 0.3) is 0 Å². The van der Waals surface area contributed by atoms with Crippen molar-refractivity contribution in [2.45, 2.75) is 24.0 Å². The number of benzene rings is 1. The lowest BCUT2D eigenvalue weighted by Gasteiger charge is -2.12. The molecule has 0 saturated carbocycles. The predicted octanol–water partition coefficient (Wildman–Crippen LogP) is 0.762. The van der Waals surface area contributed by atoms with E-state index in [0.717, 1.165) is 6.07 Å². The lowest BCUT2D eigenvalue weighted by molar-refractivity contribution is 0.579. The number of nitrogen functional groups attached to an aromatic ring is 1. The summed E-state index contributed by atoms with van der Waals surface area (Å²) in [6.07, 6.45) is 1.50. The summed E-state index contributed by atoms with van der Waals surface area (Å²) in [7, 11) is -4.91. The Hall–Kier alpha value is -0.990. The van der Waals surface area contributed by atoms with Crippen molar-refractivity contribution in [2.24, 2.45) is 0 Å². The Morgan fingerprint density at radius 1 is 1.47 bits per heavy atom. The van der Waals surface area contributed by atoms with E-state index in [-0.39, 0.29) is 27.9 Å². The van der Waals surface area contributed by atoms with Gasteiger partial charge >= 0.3 is 0 Å². The molecule has 1 rings (SSSR count). The van der Waals surface area contributed by atoms with Gasteiger partial charge in [0.25, 0.3) is 0 Å². The van der Waals surface area contributed by atoms with Crippen LogP contribution >= 0.6 is 0 Å². The van der Waals surface area contributed by atoms with Gasteiger partial charge in [0, 0.05) is 28.9 Å². The van der Waals surface area contributed by atoms with Gasteiger partial charge in [-0.15, -0.1) is 0 Å². The third kappa shape index (κ3) is 3.99. The van der Waals surface area contributed by atoms with Gasteiger partial charge in [-0.05, 0) is 31.5 Å². The van der Waals surface area contributed by atoms with E-state index < -0.39 is 26.6 Å². The maximum atomic E-state index is 13.3. The van der Waals surface area contributed by atoms with Gasteiger partial charge in [-0.3, -0.25) is 4.21 Å². The molecule has 0 saturated heterocycles. The summed E-state index contributed by atoms with van der Waals surface area (Å²) in [5.74, 6) is -0.623. The summed E-state index contributed by atoms with van der Waals surface area (Å²) in [4.78, 5) is -0.0991. The molecule has 3 N–H and O–H groups in total. The van der Waals surface area contributed by atoms with Crippen LogP contribution in [-0.2, 0) is 20.8 Å². The van der Waals surface area contributed by atoms with Gasteiger partial charge in [0.15, 0.2) is 0 Å². The SMILES string of the molecule is Cc1cc(S(=O)(=O)NCC(C)S(C)=O)cc(N)c1F. The standard InChI is InChI=1S/C11H17FN2O3S2/c1-7-4-9(5-10(13)11(7)12)19(16,17)14-6-8(2)18(3)15/h4-5,8,14H,6,13H2,1-3H3. The first-order valence-corrected chi connectivity index (χ1v) is 8.63. The molecule has 0 heterocycles. The van der Waals surface area contributed by atoms with E-state index in [0.29, 0.717) is 0 Å². The number of sulfonamides is 1. The quantitative estimate of drug-likeness (QED) is 0.786. The summed E-state index contributed by atoms with van der Waals surface area (Å²) in [6, 6.07) is 2.28. The van der Waals surface area contributed by atoms with Gasteiger partial charge in [-0.25, -0.2) is 17.5 Å². The van der Waals surface area contributed by atoms with Gasteiger partial charge in [-0.1, -0.05) is 0 Å². The van der Waals surface area contributed by atoms with Crippen LogP contribution in [0.3, 0.4) is 0 Å². The van der Waals surface area contributed by atoms with E-state index in [1.807, 2.05) is 0 Å². The van der Waals surface area contributed by atoms with Gasteiger partial charge in [-0.2, -0.15) is 0 Å². The first kappa shape index (κ1) is 16.1. The van der Waals surface area contributed by atoms with Crippen molar-refractivity contribution in [3.63, 3.8) is 0 Å². The molecular formula is C11H17FN2O3S2. The van der Waals surface area contributed by atoms with E-state index in [1.54, 1.807) is 6.92 Å². The van der Waals surface area contributed by atoms with E-state index in [1.165, 1.54) is 19.2 Å². The van der Waals surface area contributed by atoms with Crippen LogP contribution < -0.4 is 10.5 Å². The van der Waals surface area contributed by atoms with Crippen LogP contribution in [0.1, 0.15) is 12.5 Å². The molecular weight excluding hydrogens is 291 g/mol. The highest BCUT2D eigenvalue weighted by molar-refractivity contribution is 7.89. The molecule has 2 atom stereocenters. The smallest absolute Gasteiger partial charge is 0.240 e. The molecule has 108 valence electrons. The van der Waals surface area contributed by atoms with E-state index >= 15 is 0 Å². The number of hydrogen-bond acceptors (Lipinski definition) is 4. The van der Waals surface area contributed by atoms with Crippen molar-refractivity contribution < 1.29 is 17.0 Å². The minimum Gasteiger partial charge on any atom is -0.396 e. The molecule has 0 spiro atoms. The van der Waals surface area contributed by atoms with Crippen molar-refractivity contribution in [1.29, 1.82) is 0 Å². The van der Waals surface area contributed by atoms with Crippen LogP contribution in [-0.4, -0.2) is 30.7 Å². The van der Waals surface area contributed by atoms with E-state index in [2.05, 4.69) is 4.72 Å². The number of anilines is 1. The maximum Gasteiger partial charge on any atom is 0.240 e. The Morgan fingerprint density at radius 3 is 2.53 bits per heavy atom. The summed E-state index contributed by atoms with van der Waals surface area (Å²) in [5, 5.41) is -0.311. The second-order valence-corrected chi connectivity index (χ2v) is 7.87. The zero-order valence-corrected chi connectivity index (χ0v) is 12.6. The largest absolute Gasteiger partial charge is 0.396 e. The molecule has 0 aliphatic rings. The molecule has 1 aromatic carbocycles.